The molecule has 0 amide bonds. The summed E-state index contributed by atoms with van der Waals surface area (Å²) < 4.78 is 0. The molecule has 0 spiro atoms. The predicted octanol–water partition coefficient (Wildman–Crippen LogP) is 0.0227. The standard InChI is InChI=1S/C4H8N4O3/c1-2(6-9)3(7-10)4(5)8-11/h2-3,11H,1H3,(H2,5,8). The molecule has 0 aliphatic heterocycles. The number of oxime groups is 1. The van der Waals surface area contributed by atoms with Crippen molar-refractivity contribution in [2.45, 2.75) is 19.0 Å². The normalized spacial score (nSPS) is 17.0. The van der Waals surface area contributed by atoms with E-state index in [2.05, 4.69) is 15.5 Å². The van der Waals surface area contributed by atoms with Gasteiger partial charge in [-0.05, 0) is 6.92 Å². The summed E-state index contributed by atoms with van der Waals surface area (Å²) in [4.78, 5) is 19.9. The Labute approximate surface area is 62.2 Å². The lowest BCUT2D eigenvalue weighted by Gasteiger charge is -2.06. The Balaban J connectivity index is 4.39. The van der Waals surface area contributed by atoms with Crippen LogP contribution in [0.3, 0.4) is 0 Å². The molecule has 3 N–H and O–H groups in total. The van der Waals surface area contributed by atoms with Crippen LogP contribution in [0.15, 0.2) is 15.5 Å². The van der Waals surface area contributed by atoms with Gasteiger partial charge in [-0.2, -0.15) is 4.91 Å². The SMILES string of the molecule is CC(N=O)C(N=O)C(N)=NO. The number of nitroso groups, excluding NO2 is 2. The zero-order valence-electron chi connectivity index (χ0n) is 5.84. The molecule has 0 aromatic heterocycles. The fourth-order valence-corrected chi connectivity index (χ4v) is 0.506. The van der Waals surface area contributed by atoms with Crippen molar-refractivity contribution < 1.29 is 5.21 Å². The lowest BCUT2D eigenvalue weighted by atomic mass is 10.1. The molecule has 0 rings (SSSR count). The van der Waals surface area contributed by atoms with Gasteiger partial charge < -0.3 is 10.9 Å². The molecule has 0 bridgehead atoms. The fraction of sp³-hybridized carbons (Fsp3) is 0.750. The van der Waals surface area contributed by atoms with Gasteiger partial charge in [-0.3, -0.25) is 0 Å². The van der Waals surface area contributed by atoms with Crippen LogP contribution in [-0.2, 0) is 0 Å². The minimum Gasteiger partial charge on any atom is -0.409 e. The highest BCUT2D eigenvalue weighted by Crippen LogP contribution is 2.02. The van der Waals surface area contributed by atoms with Gasteiger partial charge in [-0.1, -0.05) is 15.5 Å². The maximum Gasteiger partial charge on any atom is 0.177 e. The lowest BCUT2D eigenvalue weighted by molar-refractivity contribution is 0.315. The molecule has 2 atom stereocenters. The first-order chi connectivity index (χ1) is 5.17. The first-order valence-electron chi connectivity index (χ1n) is 2.79. The molecule has 0 aliphatic carbocycles. The molecule has 7 heteroatoms. The van der Waals surface area contributed by atoms with Crippen LogP contribution in [0.1, 0.15) is 6.92 Å². The number of nitrogens with zero attached hydrogens (tertiary/aromatic N) is 3. The molecular formula is C4H8N4O3. The summed E-state index contributed by atoms with van der Waals surface area (Å²) in [5.41, 5.74) is 5.01. The molecule has 0 aromatic carbocycles. The summed E-state index contributed by atoms with van der Waals surface area (Å²) >= 11 is 0. The zero-order chi connectivity index (χ0) is 8.85. The topological polar surface area (TPSA) is 117 Å². The van der Waals surface area contributed by atoms with Crippen LogP contribution in [0.5, 0.6) is 0 Å². The molecule has 7 nitrogen and oxygen atoms in total. The van der Waals surface area contributed by atoms with Gasteiger partial charge in [-0.15, -0.1) is 4.91 Å². The third kappa shape index (κ3) is 2.28. The molecule has 0 radical (unpaired) electrons. The van der Waals surface area contributed by atoms with Gasteiger partial charge >= 0.3 is 0 Å². The average molecular weight is 160 g/mol. The molecule has 0 aromatic rings. The van der Waals surface area contributed by atoms with Crippen LogP contribution in [0.4, 0.5) is 0 Å². The van der Waals surface area contributed by atoms with Crippen LogP contribution in [0, 0.1) is 9.81 Å². The first kappa shape index (κ1) is 9.47. The largest absolute Gasteiger partial charge is 0.409 e. The summed E-state index contributed by atoms with van der Waals surface area (Å²) in [7, 11) is 0. The minimum absolute atomic E-state index is 0.410. The van der Waals surface area contributed by atoms with Crippen molar-refractivity contribution in [3.05, 3.63) is 9.81 Å². The molecule has 0 saturated heterocycles. The van der Waals surface area contributed by atoms with Gasteiger partial charge in [0.25, 0.3) is 0 Å². The molecule has 11 heavy (non-hydrogen) atoms. The molecule has 0 heterocycles. The molecule has 0 aliphatic rings. The second-order valence-electron chi connectivity index (χ2n) is 1.92. The molecular weight excluding hydrogens is 152 g/mol. The summed E-state index contributed by atoms with van der Waals surface area (Å²) in [6.07, 6.45) is 0. The van der Waals surface area contributed by atoms with Crippen molar-refractivity contribution in [1.29, 1.82) is 0 Å². The third-order valence-electron chi connectivity index (χ3n) is 1.16. The Morgan fingerprint density at radius 2 is 2.00 bits per heavy atom. The summed E-state index contributed by atoms with van der Waals surface area (Å²) in [5, 5.41) is 15.6. The van der Waals surface area contributed by atoms with E-state index in [0.29, 0.717) is 0 Å². The van der Waals surface area contributed by atoms with E-state index in [-0.39, 0.29) is 0 Å². The average Bonchev–Trinajstić information content (AvgIpc) is 2.05. The van der Waals surface area contributed by atoms with Gasteiger partial charge in [0.2, 0.25) is 0 Å². The van der Waals surface area contributed by atoms with Crippen LogP contribution in [0.25, 0.3) is 0 Å². The second-order valence-corrected chi connectivity index (χ2v) is 1.92. The predicted molar refractivity (Wildman–Crippen MR) is 38.2 cm³/mol. The molecule has 62 valence electrons. The van der Waals surface area contributed by atoms with Gasteiger partial charge in [-0.25, -0.2) is 0 Å². The quantitative estimate of drug-likeness (QED) is 0.198. The van der Waals surface area contributed by atoms with Crippen molar-refractivity contribution in [3.63, 3.8) is 0 Å². The van der Waals surface area contributed by atoms with E-state index in [9.17, 15) is 9.81 Å². The van der Waals surface area contributed by atoms with Crippen LogP contribution in [-0.4, -0.2) is 23.1 Å². The van der Waals surface area contributed by atoms with E-state index in [1.165, 1.54) is 6.92 Å². The van der Waals surface area contributed by atoms with Crippen molar-refractivity contribution in [3.8, 4) is 0 Å². The van der Waals surface area contributed by atoms with Crippen LogP contribution < -0.4 is 5.73 Å². The van der Waals surface area contributed by atoms with Crippen molar-refractivity contribution in [2.75, 3.05) is 0 Å². The van der Waals surface area contributed by atoms with Crippen LogP contribution >= 0.6 is 0 Å². The highest BCUT2D eigenvalue weighted by atomic mass is 16.4. The van der Waals surface area contributed by atoms with Gasteiger partial charge in [0.15, 0.2) is 11.9 Å². The van der Waals surface area contributed by atoms with Gasteiger partial charge in [0.05, 0.1) is 0 Å². The van der Waals surface area contributed by atoms with E-state index < -0.39 is 17.9 Å². The number of hydrogen-bond acceptors (Lipinski definition) is 6. The van der Waals surface area contributed by atoms with E-state index in [1.54, 1.807) is 0 Å². The maximum atomic E-state index is 9.98. The Morgan fingerprint density at radius 1 is 1.45 bits per heavy atom. The summed E-state index contributed by atoms with van der Waals surface area (Å²) in [6.45, 7) is 1.34. The first-order valence-corrected chi connectivity index (χ1v) is 2.79. The number of amidine groups is 1. The molecule has 0 saturated carbocycles. The van der Waals surface area contributed by atoms with Gasteiger partial charge in [0.1, 0.15) is 6.04 Å². The minimum atomic E-state index is -1.18. The number of nitrogens with two attached hydrogens (primary N) is 1. The highest BCUT2D eigenvalue weighted by Gasteiger charge is 2.23. The fourth-order valence-electron chi connectivity index (χ4n) is 0.506. The Kier molecular flexibility index (Phi) is 3.71. The van der Waals surface area contributed by atoms with Crippen LogP contribution in [0.2, 0.25) is 0 Å². The highest BCUT2D eigenvalue weighted by molar-refractivity contribution is 5.86. The van der Waals surface area contributed by atoms with Crippen molar-refractivity contribution >= 4 is 5.84 Å². The van der Waals surface area contributed by atoms with E-state index >= 15 is 0 Å². The Hall–Kier alpha value is -1.53. The zero-order valence-corrected chi connectivity index (χ0v) is 5.84. The number of hydrogen-bond donors (Lipinski definition) is 2. The number of rotatable bonds is 4. The van der Waals surface area contributed by atoms with E-state index in [0.717, 1.165) is 0 Å². The monoisotopic (exact) mass is 160 g/mol. The second kappa shape index (κ2) is 4.31. The maximum absolute atomic E-state index is 9.98. The summed E-state index contributed by atoms with van der Waals surface area (Å²) in [6, 6.07) is -2.10. The summed E-state index contributed by atoms with van der Waals surface area (Å²) in [5.74, 6) is -0.410. The van der Waals surface area contributed by atoms with E-state index in [4.69, 9.17) is 10.9 Å². The molecule has 2 unspecified atom stereocenters. The Morgan fingerprint density at radius 3 is 2.27 bits per heavy atom. The Bertz CT molecular complexity index is 180. The van der Waals surface area contributed by atoms with Gasteiger partial charge in [0, 0.05) is 0 Å². The molecule has 0 fully saturated rings. The van der Waals surface area contributed by atoms with E-state index in [1.807, 2.05) is 0 Å². The lowest BCUT2D eigenvalue weighted by Crippen LogP contribution is -2.34. The smallest absolute Gasteiger partial charge is 0.177 e. The third-order valence-corrected chi connectivity index (χ3v) is 1.16. The van der Waals surface area contributed by atoms with Crippen molar-refractivity contribution in [1.82, 2.24) is 0 Å². The van der Waals surface area contributed by atoms with Crippen molar-refractivity contribution in [2.24, 2.45) is 21.2 Å².